The number of ether oxygens (including phenoxy) is 1. The zero-order valence-corrected chi connectivity index (χ0v) is 13.8. The number of hydrogen-bond donors (Lipinski definition) is 2. The number of nitrogens with one attached hydrogen (secondary N) is 1. The van der Waals surface area contributed by atoms with Crippen molar-refractivity contribution in [3.63, 3.8) is 0 Å². The molecule has 0 heterocycles. The highest BCUT2D eigenvalue weighted by atomic mass is 16.5. The van der Waals surface area contributed by atoms with Gasteiger partial charge in [0.15, 0.2) is 0 Å². The summed E-state index contributed by atoms with van der Waals surface area (Å²) in [5.41, 5.74) is 2.41. The summed E-state index contributed by atoms with van der Waals surface area (Å²) in [5, 5.41) is 12.0. The van der Waals surface area contributed by atoms with Crippen LogP contribution in [0.1, 0.15) is 43.2 Å². The summed E-state index contributed by atoms with van der Waals surface area (Å²) in [6, 6.07) is 5.72. The van der Waals surface area contributed by atoms with E-state index >= 15 is 0 Å². The summed E-state index contributed by atoms with van der Waals surface area (Å²) >= 11 is 0. The van der Waals surface area contributed by atoms with E-state index < -0.39 is 11.9 Å². The number of benzene rings is 1. The Kier molecular flexibility index (Phi) is 6.02. The van der Waals surface area contributed by atoms with E-state index in [1.165, 1.54) is 11.1 Å². The van der Waals surface area contributed by atoms with Crippen molar-refractivity contribution >= 4 is 11.9 Å². The third-order valence-corrected chi connectivity index (χ3v) is 4.47. The molecule has 0 spiro atoms. The highest BCUT2D eigenvalue weighted by Crippen LogP contribution is 2.25. The van der Waals surface area contributed by atoms with Crippen molar-refractivity contribution < 1.29 is 19.4 Å². The Hall–Kier alpha value is -2.04. The summed E-state index contributed by atoms with van der Waals surface area (Å²) in [6.45, 7) is 4.57. The number of hydrogen-bond acceptors (Lipinski definition) is 3. The summed E-state index contributed by atoms with van der Waals surface area (Å²) in [6.07, 6.45) is 3.23. The van der Waals surface area contributed by atoms with E-state index in [9.17, 15) is 9.59 Å². The maximum absolute atomic E-state index is 11.9. The zero-order valence-electron chi connectivity index (χ0n) is 13.8. The third kappa shape index (κ3) is 4.98. The van der Waals surface area contributed by atoms with Gasteiger partial charge in [0.1, 0.15) is 5.75 Å². The van der Waals surface area contributed by atoms with Gasteiger partial charge in [-0.15, -0.1) is 0 Å². The molecular formula is C18H25NO4. The molecule has 1 aromatic carbocycles. The molecule has 1 saturated carbocycles. The molecule has 5 nitrogen and oxygen atoms in total. The molecule has 0 radical (unpaired) electrons. The number of carboxylic acids is 1. The molecule has 2 rings (SSSR count). The normalized spacial score (nSPS) is 20.3. The monoisotopic (exact) mass is 319 g/mol. The number of aliphatic carboxylic acids is 1. The van der Waals surface area contributed by atoms with Crippen molar-refractivity contribution in [1.29, 1.82) is 0 Å². The standard InChI is InChI=1S/C18H25NO4/c1-12-8-9-14(11-13(12)2)23-10-4-7-17(20)19-16-6-3-5-15(16)18(21)22/h8-9,11,15-16H,3-7,10H2,1-2H3,(H,19,20)(H,21,22)/t15-,16+/m0/s1. The van der Waals surface area contributed by atoms with E-state index in [4.69, 9.17) is 9.84 Å². The Bertz CT molecular complexity index is 570. The van der Waals surface area contributed by atoms with Gasteiger partial charge in [-0.3, -0.25) is 9.59 Å². The van der Waals surface area contributed by atoms with E-state index in [0.717, 1.165) is 18.6 Å². The van der Waals surface area contributed by atoms with Gasteiger partial charge in [0.05, 0.1) is 12.5 Å². The SMILES string of the molecule is Cc1ccc(OCCCC(=O)N[C@@H]2CCC[C@@H]2C(=O)O)cc1C. The average molecular weight is 319 g/mol. The van der Waals surface area contributed by atoms with E-state index in [1.807, 2.05) is 25.1 Å². The van der Waals surface area contributed by atoms with Gasteiger partial charge in [-0.05, 0) is 56.4 Å². The van der Waals surface area contributed by atoms with Gasteiger partial charge in [0, 0.05) is 12.5 Å². The quantitative estimate of drug-likeness (QED) is 0.758. The second-order valence-corrected chi connectivity index (χ2v) is 6.25. The van der Waals surface area contributed by atoms with Crippen molar-refractivity contribution in [2.24, 2.45) is 5.92 Å². The van der Waals surface area contributed by atoms with Gasteiger partial charge in [-0.25, -0.2) is 0 Å². The second-order valence-electron chi connectivity index (χ2n) is 6.25. The minimum Gasteiger partial charge on any atom is -0.494 e. The van der Waals surface area contributed by atoms with Gasteiger partial charge < -0.3 is 15.2 Å². The van der Waals surface area contributed by atoms with Crippen LogP contribution in [-0.2, 0) is 9.59 Å². The van der Waals surface area contributed by atoms with Crippen LogP contribution in [-0.4, -0.2) is 29.6 Å². The van der Waals surface area contributed by atoms with Crippen LogP contribution in [0.3, 0.4) is 0 Å². The molecule has 23 heavy (non-hydrogen) atoms. The molecule has 0 unspecified atom stereocenters. The first kappa shape index (κ1) is 17.3. The van der Waals surface area contributed by atoms with Crippen LogP contribution in [0.5, 0.6) is 5.75 Å². The molecule has 1 amide bonds. The van der Waals surface area contributed by atoms with Crippen LogP contribution in [0.15, 0.2) is 18.2 Å². The van der Waals surface area contributed by atoms with Crippen LogP contribution in [0, 0.1) is 19.8 Å². The Morgan fingerprint density at radius 1 is 1.26 bits per heavy atom. The summed E-state index contributed by atoms with van der Waals surface area (Å²) in [4.78, 5) is 23.0. The number of rotatable bonds is 7. The Morgan fingerprint density at radius 2 is 2.04 bits per heavy atom. The third-order valence-electron chi connectivity index (χ3n) is 4.47. The molecule has 126 valence electrons. The van der Waals surface area contributed by atoms with Gasteiger partial charge in [0.25, 0.3) is 0 Å². The van der Waals surface area contributed by atoms with Crippen molar-refractivity contribution in [3.05, 3.63) is 29.3 Å². The number of carboxylic acid groups (broad SMARTS) is 1. The van der Waals surface area contributed by atoms with Crippen molar-refractivity contribution in [1.82, 2.24) is 5.32 Å². The second kappa shape index (κ2) is 7.99. The van der Waals surface area contributed by atoms with E-state index in [1.54, 1.807) is 0 Å². The Balaban J connectivity index is 1.68. The lowest BCUT2D eigenvalue weighted by Gasteiger charge is -2.17. The molecule has 0 bridgehead atoms. The summed E-state index contributed by atoms with van der Waals surface area (Å²) in [5.74, 6) is -0.529. The minimum absolute atomic E-state index is 0.0909. The van der Waals surface area contributed by atoms with Crippen LogP contribution in [0.25, 0.3) is 0 Å². The topological polar surface area (TPSA) is 75.6 Å². The smallest absolute Gasteiger partial charge is 0.308 e. The predicted octanol–water partition coefficient (Wildman–Crippen LogP) is 2.83. The van der Waals surface area contributed by atoms with E-state index in [2.05, 4.69) is 12.2 Å². The Morgan fingerprint density at radius 3 is 2.74 bits per heavy atom. The van der Waals surface area contributed by atoms with Gasteiger partial charge >= 0.3 is 5.97 Å². The first-order chi connectivity index (χ1) is 11.0. The summed E-state index contributed by atoms with van der Waals surface area (Å²) in [7, 11) is 0. The highest BCUT2D eigenvalue weighted by molar-refractivity contribution is 5.78. The van der Waals surface area contributed by atoms with Crippen molar-refractivity contribution in [2.75, 3.05) is 6.61 Å². The molecule has 1 aliphatic carbocycles. The van der Waals surface area contributed by atoms with Gasteiger partial charge in [-0.2, -0.15) is 0 Å². The molecular weight excluding hydrogens is 294 g/mol. The number of aryl methyl sites for hydroxylation is 2. The molecule has 1 aromatic rings. The maximum Gasteiger partial charge on any atom is 0.308 e. The fourth-order valence-electron chi connectivity index (χ4n) is 2.93. The lowest BCUT2D eigenvalue weighted by Crippen LogP contribution is -2.40. The average Bonchev–Trinajstić information content (AvgIpc) is 2.95. The number of carbonyl (C=O) groups is 2. The fraction of sp³-hybridized carbons (Fsp3) is 0.556. The largest absolute Gasteiger partial charge is 0.494 e. The van der Waals surface area contributed by atoms with Crippen LogP contribution >= 0.6 is 0 Å². The molecule has 1 fully saturated rings. The van der Waals surface area contributed by atoms with E-state index in [0.29, 0.717) is 25.9 Å². The van der Waals surface area contributed by atoms with Crippen LogP contribution in [0.4, 0.5) is 0 Å². The zero-order chi connectivity index (χ0) is 16.8. The Labute approximate surface area is 137 Å². The molecule has 2 N–H and O–H groups in total. The fourth-order valence-corrected chi connectivity index (χ4v) is 2.93. The first-order valence-electron chi connectivity index (χ1n) is 8.19. The van der Waals surface area contributed by atoms with Crippen molar-refractivity contribution in [2.45, 2.75) is 52.0 Å². The highest BCUT2D eigenvalue weighted by Gasteiger charge is 2.33. The van der Waals surface area contributed by atoms with E-state index in [-0.39, 0.29) is 11.9 Å². The predicted molar refractivity (Wildman–Crippen MR) is 87.6 cm³/mol. The van der Waals surface area contributed by atoms with Gasteiger partial charge in [-0.1, -0.05) is 12.5 Å². The summed E-state index contributed by atoms with van der Waals surface area (Å²) < 4.78 is 5.65. The molecule has 0 aliphatic heterocycles. The number of amides is 1. The van der Waals surface area contributed by atoms with Crippen molar-refractivity contribution in [3.8, 4) is 5.75 Å². The molecule has 1 aliphatic rings. The molecule has 2 atom stereocenters. The lowest BCUT2D eigenvalue weighted by atomic mass is 10.0. The van der Waals surface area contributed by atoms with Crippen LogP contribution < -0.4 is 10.1 Å². The maximum atomic E-state index is 11.9. The lowest BCUT2D eigenvalue weighted by molar-refractivity contribution is -0.142. The molecule has 5 heteroatoms. The molecule has 0 saturated heterocycles. The van der Waals surface area contributed by atoms with Gasteiger partial charge in [0.2, 0.25) is 5.91 Å². The first-order valence-corrected chi connectivity index (χ1v) is 8.19. The molecule has 0 aromatic heterocycles. The minimum atomic E-state index is -0.814. The van der Waals surface area contributed by atoms with Crippen LogP contribution in [0.2, 0.25) is 0 Å². The number of carbonyl (C=O) groups excluding carboxylic acids is 1.